The number of aliphatic hydroxyl groups excluding tert-OH is 2. The van der Waals surface area contributed by atoms with Gasteiger partial charge in [-0.05, 0) is 6.07 Å². The van der Waals surface area contributed by atoms with Crippen LogP contribution in [0.1, 0.15) is 11.7 Å². The molecular formula is C11H12O7. The van der Waals surface area contributed by atoms with E-state index in [1.165, 1.54) is 24.3 Å². The zero-order valence-electron chi connectivity index (χ0n) is 9.18. The van der Waals surface area contributed by atoms with Gasteiger partial charge in [0.1, 0.15) is 11.9 Å². The van der Waals surface area contributed by atoms with Crippen LogP contribution in [0.25, 0.3) is 0 Å². The molecule has 0 saturated heterocycles. The van der Waals surface area contributed by atoms with Gasteiger partial charge in [0.15, 0.2) is 12.7 Å². The Morgan fingerprint density at radius 1 is 1.17 bits per heavy atom. The molecule has 7 heteroatoms. The fourth-order valence-corrected chi connectivity index (χ4v) is 1.30. The lowest BCUT2D eigenvalue weighted by molar-refractivity contribution is -0.153. The Morgan fingerprint density at radius 2 is 1.78 bits per heavy atom. The molecule has 1 aromatic rings. The molecule has 0 aliphatic carbocycles. The number of hydrogen-bond donors (Lipinski definition) is 4. The standard InChI is InChI=1S/C11H12O7/c12-8(13)5-18-7-4-2-1-3-6(7)9(14)10(15)11(16)17/h1-4,9-10,14-15H,5H2,(H,12,13)(H,16,17). The van der Waals surface area contributed by atoms with Crippen LogP contribution in [0.5, 0.6) is 5.75 Å². The number of rotatable bonds is 6. The summed E-state index contributed by atoms with van der Waals surface area (Å²) in [5, 5.41) is 35.9. The molecule has 0 saturated carbocycles. The summed E-state index contributed by atoms with van der Waals surface area (Å²) < 4.78 is 4.89. The average molecular weight is 256 g/mol. The van der Waals surface area contributed by atoms with Gasteiger partial charge in [0, 0.05) is 5.56 Å². The smallest absolute Gasteiger partial charge is 0.341 e. The summed E-state index contributed by atoms with van der Waals surface area (Å²) in [5.74, 6) is -2.79. The summed E-state index contributed by atoms with van der Waals surface area (Å²) in [5.41, 5.74) is 0.00801. The molecular weight excluding hydrogens is 244 g/mol. The first kappa shape index (κ1) is 13.9. The van der Waals surface area contributed by atoms with Crippen LogP contribution in [0.4, 0.5) is 0 Å². The molecule has 0 radical (unpaired) electrons. The topological polar surface area (TPSA) is 124 Å². The molecule has 0 aliphatic rings. The first-order valence-electron chi connectivity index (χ1n) is 4.96. The summed E-state index contributed by atoms with van der Waals surface area (Å²) in [6, 6.07) is 5.74. The third kappa shape index (κ3) is 3.44. The Labute approximate surface area is 102 Å². The van der Waals surface area contributed by atoms with Crippen molar-refractivity contribution < 1.29 is 34.8 Å². The van der Waals surface area contributed by atoms with Gasteiger partial charge < -0.3 is 25.2 Å². The van der Waals surface area contributed by atoms with Crippen LogP contribution in [0.15, 0.2) is 24.3 Å². The van der Waals surface area contributed by atoms with E-state index in [2.05, 4.69) is 0 Å². The largest absolute Gasteiger partial charge is 0.482 e. The number of ether oxygens (including phenoxy) is 1. The lowest BCUT2D eigenvalue weighted by Gasteiger charge is -2.17. The molecule has 1 aromatic carbocycles. The van der Waals surface area contributed by atoms with E-state index in [-0.39, 0.29) is 11.3 Å². The van der Waals surface area contributed by atoms with E-state index < -0.39 is 30.8 Å². The quantitative estimate of drug-likeness (QED) is 0.547. The molecule has 0 heterocycles. The maximum atomic E-state index is 10.5. The number of carbonyl (C=O) groups is 2. The van der Waals surface area contributed by atoms with Gasteiger partial charge in [0.2, 0.25) is 0 Å². The zero-order chi connectivity index (χ0) is 13.7. The van der Waals surface area contributed by atoms with Gasteiger partial charge in [0.05, 0.1) is 0 Å². The van der Waals surface area contributed by atoms with E-state index in [1.807, 2.05) is 0 Å². The normalized spacial score (nSPS) is 13.7. The fraction of sp³-hybridized carbons (Fsp3) is 0.273. The lowest BCUT2D eigenvalue weighted by atomic mass is 10.0. The molecule has 0 fully saturated rings. The van der Waals surface area contributed by atoms with Gasteiger partial charge in [0.25, 0.3) is 0 Å². The van der Waals surface area contributed by atoms with Crippen LogP contribution in [-0.4, -0.2) is 45.1 Å². The minimum absolute atomic E-state index is 0.00713. The van der Waals surface area contributed by atoms with Gasteiger partial charge >= 0.3 is 11.9 Å². The highest BCUT2D eigenvalue weighted by atomic mass is 16.5. The summed E-state index contributed by atoms with van der Waals surface area (Å²) in [6.07, 6.45) is -3.72. The summed E-state index contributed by atoms with van der Waals surface area (Å²) in [6.45, 7) is -0.632. The minimum Gasteiger partial charge on any atom is -0.482 e. The molecule has 1 rings (SSSR count). The molecule has 2 atom stereocenters. The average Bonchev–Trinajstić information content (AvgIpc) is 2.34. The van der Waals surface area contributed by atoms with Crippen LogP contribution in [0.2, 0.25) is 0 Å². The highest BCUT2D eigenvalue weighted by Crippen LogP contribution is 2.27. The van der Waals surface area contributed by atoms with Crippen LogP contribution in [0.3, 0.4) is 0 Å². The maximum Gasteiger partial charge on any atom is 0.341 e. The number of carboxylic acids is 2. The Hall–Kier alpha value is -2.12. The molecule has 98 valence electrons. The first-order chi connectivity index (χ1) is 8.43. The van der Waals surface area contributed by atoms with E-state index in [4.69, 9.17) is 14.9 Å². The second kappa shape index (κ2) is 5.99. The van der Waals surface area contributed by atoms with Crippen molar-refractivity contribution in [2.45, 2.75) is 12.2 Å². The van der Waals surface area contributed by atoms with E-state index >= 15 is 0 Å². The number of aliphatic carboxylic acids is 2. The van der Waals surface area contributed by atoms with Crippen molar-refractivity contribution in [1.82, 2.24) is 0 Å². The maximum absolute atomic E-state index is 10.5. The van der Waals surface area contributed by atoms with Crippen molar-refractivity contribution in [3.63, 3.8) is 0 Å². The third-order valence-corrected chi connectivity index (χ3v) is 2.14. The van der Waals surface area contributed by atoms with Crippen molar-refractivity contribution in [3.8, 4) is 5.75 Å². The van der Waals surface area contributed by atoms with Gasteiger partial charge in [-0.1, -0.05) is 18.2 Å². The number of para-hydroxylation sites is 1. The molecule has 4 N–H and O–H groups in total. The molecule has 7 nitrogen and oxygen atoms in total. The summed E-state index contributed by atoms with van der Waals surface area (Å²) in [7, 11) is 0. The SMILES string of the molecule is O=C(O)COc1ccccc1C(O)C(O)C(=O)O. The molecule has 18 heavy (non-hydrogen) atoms. The van der Waals surface area contributed by atoms with Gasteiger partial charge in [-0.25, -0.2) is 9.59 Å². The molecule has 0 aliphatic heterocycles. The minimum atomic E-state index is -2.01. The first-order valence-corrected chi connectivity index (χ1v) is 4.96. The predicted octanol–water partition coefficient (Wildman–Crippen LogP) is -0.371. The van der Waals surface area contributed by atoms with E-state index in [0.717, 1.165) is 0 Å². The van der Waals surface area contributed by atoms with Crippen LogP contribution < -0.4 is 4.74 Å². The lowest BCUT2D eigenvalue weighted by Crippen LogP contribution is -2.28. The molecule has 0 aromatic heterocycles. The van der Waals surface area contributed by atoms with E-state index in [9.17, 15) is 19.8 Å². The number of carboxylic acid groups (broad SMARTS) is 2. The van der Waals surface area contributed by atoms with Gasteiger partial charge in [-0.15, -0.1) is 0 Å². The summed E-state index contributed by atoms with van der Waals surface area (Å²) in [4.78, 5) is 20.9. The predicted molar refractivity (Wildman–Crippen MR) is 58.2 cm³/mol. The third-order valence-electron chi connectivity index (χ3n) is 2.14. The van der Waals surface area contributed by atoms with E-state index in [1.54, 1.807) is 0 Å². The molecule has 0 bridgehead atoms. The number of hydrogen-bond acceptors (Lipinski definition) is 5. The van der Waals surface area contributed by atoms with Crippen LogP contribution in [0, 0.1) is 0 Å². The monoisotopic (exact) mass is 256 g/mol. The van der Waals surface area contributed by atoms with Crippen molar-refractivity contribution in [2.24, 2.45) is 0 Å². The number of aliphatic hydroxyl groups is 2. The number of benzene rings is 1. The van der Waals surface area contributed by atoms with E-state index in [0.29, 0.717) is 0 Å². The van der Waals surface area contributed by atoms with Crippen molar-refractivity contribution in [2.75, 3.05) is 6.61 Å². The van der Waals surface area contributed by atoms with Gasteiger partial charge in [-0.3, -0.25) is 0 Å². The Balaban J connectivity index is 2.93. The fourth-order valence-electron chi connectivity index (χ4n) is 1.30. The molecule has 0 amide bonds. The van der Waals surface area contributed by atoms with Crippen molar-refractivity contribution in [3.05, 3.63) is 29.8 Å². The van der Waals surface area contributed by atoms with Gasteiger partial charge in [-0.2, -0.15) is 0 Å². The van der Waals surface area contributed by atoms with Crippen LogP contribution >= 0.6 is 0 Å². The molecule has 0 spiro atoms. The Kier molecular flexibility index (Phi) is 4.64. The van der Waals surface area contributed by atoms with Crippen LogP contribution in [-0.2, 0) is 9.59 Å². The second-order valence-corrected chi connectivity index (χ2v) is 3.45. The van der Waals surface area contributed by atoms with Crippen molar-refractivity contribution >= 4 is 11.9 Å². The second-order valence-electron chi connectivity index (χ2n) is 3.45. The summed E-state index contributed by atoms with van der Waals surface area (Å²) >= 11 is 0. The Morgan fingerprint density at radius 3 is 2.33 bits per heavy atom. The van der Waals surface area contributed by atoms with Crippen molar-refractivity contribution in [1.29, 1.82) is 0 Å². The Bertz CT molecular complexity index is 443. The molecule has 2 unspecified atom stereocenters. The zero-order valence-corrected chi connectivity index (χ0v) is 9.18. The highest BCUT2D eigenvalue weighted by molar-refractivity contribution is 5.73. The highest BCUT2D eigenvalue weighted by Gasteiger charge is 2.27.